The molecule has 31 heavy (non-hydrogen) atoms. The second-order valence-corrected chi connectivity index (χ2v) is 8.65. The first kappa shape index (κ1) is 21.6. The van der Waals surface area contributed by atoms with Crippen molar-refractivity contribution in [3.8, 4) is 11.5 Å². The molecular formula is C24H23BrFNO4. The van der Waals surface area contributed by atoms with Gasteiger partial charge >= 0.3 is 0 Å². The molecule has 0 radical (unpaired) electrons. The second-order valence-electron chi connectivity index (χ2n) is 7.73. The van der Waals surface area contributed by atoms with Gasteiger partial charge in [0.15, 0.2) is 17.3 Å². The summed E-state index contributed by atoms with van der Waals surface area (Å²) < 4.78 is 26.3. The Morgan fingerprint density at radius 2 is 1.90 bits per heavy atom. The van der Waals surface area contributed by atoms with Crippen LogP contribution in [0.4, 0.5) is 4.39 Å². The van der Waals surface area contributed by atoms with Crippen molar-refractivity contribution in [2.24, 2.45) is 0 Å². The fourth-order valence-electron chi connectivity index (χ4n) is 4.46. The molecule has 5 nitrogen and oxygen atoms in total. The van der Waals surface area contributed by atoms with Gasteiger partial charge in [-0.2, -0.15) is 0 Å². The van der Waals surface area contributed by atoms with Gasteiger partial charge in [0.05, 0.1) is 13.7 Å². The number of carbonyl (C=O) groups excluding carboxylic acids is 2. The predicted octanol–water partition coefficient (Wildman–Crippen LogP) is 5.00. The average Bonchev–Trinajstić information content (AvgIpc) is 2.75. The quantitative estimate of drug-likeness (QED) is 0.644. The zero-order valence-electron chi connectivity index (χ0n) is 17.3. The van der Waals surface area contributed by atoms with E-state index in [2.05, 4.69) is 21.2 Å². The van der Waals surface area contributed by atoms with Crippen molar-refractivity contribution in [1.29, 1.82) is 0 Å². The van der Waals surface area contributed by atoms with Crippen LogP contribution in [0.2, 0.25) is 0 Å². The monoisotopic (exact) mass is 487 g/mol. The summed E-state index contributed by atoms with van der Waals surface area (Å²) in [5.74, 6) is -0.127. The molecule has 162 valence electrons. The number of methoxy groups -OCH3 is 1. The molecule has 1 aliphatic heterocycles. The normalized spacial score (nSPS) is 20.9. The number of hydrogen-bond acceptors (Lipinski definition) is 4. The third kappa shape index (κ3) is 4.24. The predicted molar refractivity (Wildman–Crippen MR) is 118 cm³/mol. The summed E-state index contributed by atoms with van der Waals surface area (Å²) in [6.07, 6.45) is 0.841. The zero-order valence-corrected chi connectivity index (χ0v) is 18.9. The van der Waals surface area contributed by atoms with E-state index in [0.29, 0.717) is 45.8 Å². The summed E-state index contributed by atoms with van der Waals surface area (Å²) in [4.78, 5) is 25.7. The molecule has 0 bridgehead atoms. The number of halogens is 2. The highest BCUT2D eigenvalue weighted by Gasteiger charge is 2.39. The molecule has 1 heterocycles. The number of hydrogen-bond donors (Lipinski definition) is 1. The van der Waals surface area contributed by atoms with Crippen molar-refractivity contribution in [2.75, 3.05) is 13.7 Å². The minimum atomic E-state index is -0.579. The Hall–Kier alpha value is -2.67. The number of benzene rings is 2. The van der Waals surface area contributed by atoms with Gasteiger partial charge in [-0.1, -0.05) is 22.0 Å². The van der Waals surface area contributed by atoms with Crippen LogP contribution in [0.1, 0.15) is 49.1 Å². The van der Waals surface area contributed by atoms with Crippen LogP contribution >= 0.6 is 15.9 Å². The van der Waals surface area contributed by atoms with Gasteiger partial charge < -0.3 is 14.8 Å². The van der Waals surface area contributed by atoms with Crippen LogP contribution in [0.5, 0.6) is 11.5 Å². The lowest BCUT2D eigenvalue weighted by atomic mass is 9.73. The van der Waals surface area contributed by atoms with E-state index in [1.165, 1.54) is 6.07 Å². The minimum absolute atomic E-state index is 0.0550. The number of ketones is 1. The Bertz CT molecular complexity index is 1080. The van der Waals surface area contributed by atoms with Gasteiger partial charge in [0.1, 0.15) is 5.82 Å². The molecule has 2 atom stereocenters. The lowest BCUT2D eigenvalue weighted by Gasteiger charge is -2.34. The third-order valence-corrected chi connectivity index (χ3v) is 6.32. The summed E-state index contributed by atoms with van der Waals surface area (Å²) in [5, 5.41) is 2.87. The van der Waals surface area contributed by atoms with Crippen molar-refractivity contribution in [3.63, 3.8) is 0 Å². The molecule has 0 fully saturated rings. The number of rotatable bonds is 5. The molecule has 1 N–H and O–H groups in total. The van der Waals surface area contributed by atoms with Crippen molar-refractivity contribution < 1.29 is 23.5 Å². The molecule has 0 saturated heterocycles. The third-order valence-electron chi connectivity index (χ3n) is 5.83. The summed E-state index contributed by atoms with van der Waals surface area (Å²) in [5.41, 5.74) is 2.41. The van der Waals surface area contributed by atoms with Crippen LogP contribution in [0.25, 0.3) is 0 Å². The molecule has 2 unspecified atom stereocenters. The standard InChI is InChI=1S/C24H23BrFNO4/c1-3-31-21-7-4-13(10-22(21)30-2)14-8-19-24(20(28)9-14)17(12-23(29)27-19)16-11-15(25)5-6-18(16)26/h4-7,10-11,14,17H,3,8-9,12H2,1-2H3,(H,27,29). The molecule has 2 aromatic carbocycles. The van der Waals surface area contributed by atoms with E-state index >= 15 is 0 Å². The van der Waals surface area contributed by atoms with Crippen LogP contribution in [0, 0.1) is 5.82 Å². The second kappa shape index (κ2) is 8.83. The molecule has 4 rings (SSSR count). The summed E-state index contributed by atoms with van der Waals surface area (Å²) >= 11 is 3.36. The van der Waals surface area contributed by atoms with E-state index in [-0.39, 0.29) is 30.4 Å². The van der Waals surface area contributed by atoms with Crippen LogP contribution in [0.15, 0.2) is 52.1 Å². The fraction of sp³-hybridized carbons (Fsp3) is 0.333. The summed E-state index contributed by atoms with van der Waals surface area (Å²) in [6, 6.07) is 10.3. The topological polar surface area (TPSA) is 64.6 Å². The SMILES string of the molecule is CCOc1ccc(C2CC(=O)C3=C(C2)NC(=O)CC3c2cc(Br)ccc2F)cc1OC. The molecule has 1 aliphatic carbocycles. The van der Waals surface area contributed by atoms with Gasteiger partial charge in [0, 0.05) is 34.5 Å². The highest BCUT2D eigenvalue weighted by Crippen LogP contribution is 2.44. The van der Waals surface area contributed by atoms with E-state index in [0.717, 1.165) is 5.56 Å². The molecule has 0 spiro atoms. The molecule has 0 saturated carbocycles. The number of carbonyl (C=O) groups is 2. The number of Topliss-reactive ketones (excluding diaryl/α,β-unsaturated/α-hetero) is 1. The fourth-order valence-corrected chi connectivity index (χ4v) is 4.83. The first-order chi connectivity index (χ1) is 14.9. The molecule has 2 aliphatic rings. The Balaban J connectivity index is 1.70. The lowest BCUT2D eigenvalue weighted by molar-refractivity contribution is -0.122. The number of amides is 1. The van der Waals surface area contributed by atoms with Crippen molar-refractivity contribution >= 4 is 27.6 Å². The first-order valence-electron chi connectivity index (χ1n) is 10.2. The van der Waals surface area contributed by atoms with Crippen molar-refractivity contribution in [3.05, 3.63) is 69.1 Å². The van der Waals surface area contributed by atoms with Gasteiger partial charge in [-0.25, -0.2) is 4.39 Å². The number of ether oxygens (including phenoxy) is 2. The zero-order chi connectivity index (χ0) is 22.1. The number of nitrogens with one attached hydrogen (secondary N) is 1. The molecule has 7 heteroatoms. The van der Waals surface area contributed by atoms with Gasteiger partial charge in [0.25, 0.3) is 0 Å². The maximum atomic E-state index is 14.6. The lowest BCUT2D eigenvalue weighted by Crippen LogP contribution is -2.38. The average molecular weight is 488 g/mol. The highest BCUT2D eigenvalue weighted by atomic mass is 79.9. The van der Waals surface area contributed by atoms with E-state index in [1.807, 2.05) is 25.1 Å². The maximum Gasteiger partial charge on any atom is 0.225 e. The van der Waals surface area contributed by atoms with Crippen LogP contribution in [-0.4, -0.2) is 25.4 Å². The van der Waals surface area contributed by atoms with Gasteiger partial charge in [0.2, 0.25) is 5.91 Å². The molecule has 0 aromatic heterocycles. The number of allylic oxidation sites excluding steroid dienone is 2. The van der Waals surface area contributed by atoms with Crippen LogP contribution in [0.3, 0.4) is 0 Å². The molecule has 2 aromatic rings. The summed E-state index contributed by atoms with van der Waals surface area (Å²) in [6.45, 7) is 2.42. The Morgan fingerprint density at radius 3 is 2.65 bits per heavy atom. The highest BCUT2D eigenvalue weighted by molar-refractivity contribution is 9.10. The smallest absolute Gasteiger partial charge is 0.225 e. The molecule has 1 amide bonds. The van der Waals surface area contributed by atoms with E-state index < -0.39 is 11.7 Å². The molecular weight excluding hydrogens is 465 g/mol. The largest absolute Gasteiger partial charge is 0.493 e. The van der Waals surface area contributed by atoms with Gasteiger partial charge in [-0.15, -0.1) is 0 Å². The van der Waals surface area contributed by atoms with Crippen LogP contribution < -0.4 is 14.8 Å². The van der Waals surface area contributed by atoms with Crippen molar-refractivity contribution in [2.45, 2.75) is 38.0 Å². The van der Waals surface area contributed by atoms with Gasteiger partial charge in [-0.05, 0) is 60.7 Å². The Morgan fingerprint density at radius 1 is 1.10 bits per heavy atom. The Labute approximate surface area is 188 Å². The van der Waals surface area contributed by atoms with Crippen molar-refractivity contribution in [1.82, 2.24) is 5.32 Å². The van der Waals surface area contributed by atoms with E-state index in [4.69, 9.17) is 9.47 Å². The maximum absolute atomic E-state index is 14.6. The first-order valence-corrected chi connectivity index (χ1v) is 11.0. The Kier molecular flexibility index (Phi) is 6.14. The van der Waals surface area contributed by atoms with E-state index in [1.54, 1.807) is 19.2 Å². The van der Waals surface area contributed by atoms with E-state index in [9.17, 15) is 14.0 Å². The summed E-state index contributed by atoms with van der Waals surface area (Å²) in [7, 11) is 1.58. The van der Waals surface area contributed by atoms with Crippen LogP contribution in [-0.2, 0) is 9.59 Å². The van der Waals surface area contributed by atoms with Gasteiger partial charge in [-0.3, -0.25) is 9.59 Å². The minimum Gasteiger partial charge on any atom is -0.493 e.